The first kappa shape index (κ1) is 19.9. The highest BCUT2D eigenvalue weighted by Crippen LogP contribution is 2.20. The lowest BCUT2D eigenvalue weighted by Gasteiger charge is -2.09. The van der Waals surface area contributed by atoms with E-state index in [2.05, 4.69) is 34.2 Å². The molecule has 3 rings (SSSR count). The highest BCUT2D eigenvalue weighted by atomic mass is 32.2. The smallest absolute Gasteiger partial charge is 0.234 e. The van der Waals surface area contributed by atoms with Crippen LogP contribution in [0, 0.1) is 6.92 Å². The molecule has 0 radical (unpaired) electrons. The first-order valence-corrected chi connectivity index (χ1v) is 10.2. The van der Waals surface area contributed by atoms with Crippen LogP contribution in [0.15, 0.2) is 72.4 Å². The topological polar surface area (TPSA) is 59.8 Å². The van der Waals surface area contributed by atoms with Crippen LogP contribution in [0.2, 0.25) is 0 Å². The molecule has 6 heteroatoms. The minimum absolute atomic E-state index is 0.0571. The third-order valence-corrected chi connectivity index (χ3v) is 5.30. The number of nitrogens with one attached hydrogen (secondary N) is 1. The van der Waals surface area contributed by atoms with Gasteiger partial charge in [-0.05, 0) is 30.5 Å². The zero-order valence-corrected chi connectivity index (χ0v) is 16.8. The highest BCUT2D eigenvalue weighted by molar-refractivity contribution is 7.99. The molecule has 0 atom stereocenters. The highest BCUT2D eigenvalue weighted by Gasteiger charge is 2.14. The minimum Gasteiger partial charge on any atom is -0.325 e. The number of benzene rings is 2. The Hall–Kier alpha value is -2.86. The molecule has 1 amide bonds. The molecule has 0 saturated heterocycles. The van der Waals surface area contributed by atoms with Crippen LogP contribution in [-0.4, -0.2) is 26.4 Å². The number of anilines is 1. The molecule has 1 N–H and O–H groups in total. The summed E-state index contributed by atoms with van der Waals surface area (Å²) in [5.41, 5.74) is 3.14. The van der Waals surface area contributed by atoms with Crippen molar-refractivity contribution in [1.29, 1.82) is 0 Å². The number of carbonyl (C=O) groups is 1. The van der Waals surface area contributed by atoms with Gasteiger partial charge in [0.25, 0.3) is 0 Å². The van der Waals surface area contributed by atoms with Crippen molar-refractivity contribution >= 4 is 23.4 Å². The van der Waals surface area contributed by atoms with Gasteiger partial charge in [-0.25, -0.2) is 0 Å². The number of hydrogen-bond acceptors (Lipinski definition) is 4. The Morgan fingerprint density at radius 1 is 1.11 bits per heavy atom. The lowest BCUT2D eigenvalue weighted by atomic mass is 10.1. The number of amides is 1. The van der Waals surface area contributed by atoms with E-state index in [1.807, 2.05) is 60.0 Å². The Morgan fingerprint density at radius 2 is 1.86 bits per heavy atom. The third-order valence-electron chi connectivity index (χ3n) is 4.34. The summed E-state index contributed by atoms with van der Waals surface area (Å²) in [6.45, 7) is 6.43. The van der Waals surface area contributed by atoms with Gasteiger partial charge < -0.3 is 9.88 Å². The summed E-state index contributed by atoms with van der Waals surface area (Å²) in [4.78, 5) is 12.3. The van der Waals surface area contributed by atoms with E-state index in [0.29, 0.717) is 6.54 Å². The van der Waals surface area contributed by atoms with Crippen LogP contribution in [0.5, 0.6) is 0 Å². The molecular weight excluding hydrogens is 368 g/mol. The molecule has 0 saturated carbocycles. The van der Waals surface area contributed by atoms with E-state index < -0.39 is 0 Å². The lowest BCUT2D eigenvalue weighted by molar-refractivity contribution is -0.113. The summed E-state index contributed by atoms with van der Waals surface area (Å²) in [7, 11) is 0. The summed E-state index contributed by atoms with van der Waals surface area (Å²) in [5.74, 6) is 1.13. The molecule has 5 nitrogen and oxygen atoms in total. The van der Waals surface area contributed by atoms with Gasteiger partial charge in [0.05, 0.1) is 5.75 Å². The van der Waals surface area contributed by atoms with E-state index in [1.54, 1.807) is 0 Å². The van der Waals surface area contributed by atoms with E-state index in [0.717, 1.165) is 35.1 Å². The van der Waals surface area contributed by atoms with Crippen LogP contribution in [0.4, 0.5) is 5.69 Å². The molecule has 0 unspecified atom stereocenters. The molecule has 0 aliphatic rings. The van der Waals surface area contributed by atoms with Crippen molar-refractivity contribution in [2.45, 2.75) is 31.5 Å². The number of thioether (sulfide) groups is 1. The number of allylic oxidation sites excluding steroid dienone is 1. The Morgan fingerprint density at radius 3 is 2.61 bits per heavy atom. The second-order valence-electron chi connectivity index (χ2n) is 6.44. The van der Waals surface area contributed by atoms with Gasteiger partial charge >= 0.3 is 0 Å². The second-order valence-corrected chi connectivity index (χ2v) is 7.38. The maximum atomic E-state index is 12.3. The standard InChI is InChI=1S/C22H24N4OS/c1-3-15-26-20(14-13-18-10-5-4-6-11-18)24-25-22(26)28-16-21(27)23-19-12-8-7-9-17(19)2/h3-12H,1,13-16H2,2H3,(H,23,27). The summed E-state index contributed by atoms with van der Waals surface area (Å²) in [6.07, 6.45) is 3.52. The van der Waals surface area contributed by atoms with Crippen molar-refractivity contribution in [2.24, 2.45) is 0 Å². The van der Waals surface area contributed by atoms with E-state index in [-0.39, 0.29) is 11.7 Å². The number of para-hydroxylation sites is 1. The van der Waals surface area contributed by atoms with E-state index in [4.69, 9.17) is 0 Å². The summed E-state index contributed by atoms with van der Waals surface area (Å²) in [5, 5.41) is 12.3. The lowest BCUT2D eigenvalue weighted by Crippen LogP contribution is -2.15. The van der Waals surface area contributed by atoms with E-state index in [1.165, 1.54) is 17.3 Å². The van der Waals surface area contributed by atoms with Crippen LogP contribution < -0.4 is 5.32 Å². The predicted octanol–water partition coefficient (Wildman–Crippen LogP) is 4.29. The Kier molecular flexibility index (Phi) is 7.03. The zero-order valence-electron chi connectivity index (χ0n) is 16.0. The van der Waals surface area contributed by atoms with Crippen molar-refractivity contribution in [3.05, 3.63) is 84.2 Å². The fourth-order valence-electron chi connectivity index (χ4n) is 2.85. The number of carbonyl (C=O) groups excluding carboxylic acids is 1. The average Bonchev–Trinajstić information content (AvgIpc) is 3.09. The molecule has 1 aromatic heterocycles. The van der Waals surface area contributed by atoms with E-state index >= 15 is 0 Å². The van der Waals surface area contributed by atoms with E-state index in [9.17, 15) is 4.79 Å². The Bertz CT molecular complexity index is 937. The van der Waals surface area contributed by atoms with Crippen LogP contribution >= 0.6 is 11.8 Å². The van der Waals surface area contributed by atoms with Gasteiger partial charge in [-0.1, -0.05) is 66.4 Å². The number of aryl methyl sites for hydroxylation is 3. The number of aromatic nitrogens is 3. The van der Waals surface area contributed by atoms with Gasteiger partial charge in [-0.15, -0.1) is 16.8 Å². The molecule has 0 aliphatic carbocycles. The van der Waals surface area contributed by atoms with Crippen molar-refractivity contribution in [2.75, 3.05) is 11.1 Å². The van der Waals surface area contributed by atoms with Crippen molar-refractivity contribution in [3.63, 3.8) is 0 Å². The number of rotatable bonds is 9. The fraction of sp³-hybridized carbons (Fsp3) is 0.227. The van der Waals surface area contributed by atoms with Crippen molar-refractivity contribution in [1.82, 2.24) is 14.8 Å². The number of nitrogens with zero attached hydrogens (tertiary/aromatic N) is 3. The normalized spacial score (nSPS) is 10.6. The Labute approximate surface area is 169 Å². The van der Waals surface area contributed by atoms with Crippen LogP contribution in [0.3, 0.4) is 0 Å². The summed E-state index contributed by atoms with van der Waals surface area (Å²) >= 11 is 1.39. The maximum absolute atomic E-state index is 12.3. The summed E-state index contributed by atoms with van der Waals surface area (Å²) < 4.78 is 2.03. The van der Waals surface area contributed by atoms with Crippen LogP contribution in [0.25, 0.3) is 0 Å². The molecule has 3 aromatic rings. The number of hydrogen-bond donors (Lipinski definition) is 1. The van der Waals surface area contributed by atoms with Gasteiger partial charge in [0.1, 0.15) is 5.82 Å². The van der Waals surface area contributed by atoms with Crippen molar-refractivity contribution in [3.8, 4) is 0 Å². The van der Waals surface area contributed by atoms with Crippen molar-refractivity contribution < 1.29 is 4.79 Å². The molecule has 2 aromatic carbocycles. The first-order chi connectivity index (χ1) is 13.7. The monoisotopic (exact) mass is 392 g/mol. The third kappa shape index (κ3) is 5.33. The second kappa shape index (κ2) is 9.90. The molecule has 28 heavy (non-hydrogen) atoms. The quantitative estimate of drug-likeness (QED) is 0.436. The van der Waals surface area contributed by atoms with Gasteiger partial charge in [0, 0.05) is 18.7 Å². The molecule has 0 bridgehead atoms. The first-order valence-electron chi connectivity index (χ1n) is 9.22. The van der Waals surface area contributed by atoms with Gasteiger partial charge in [0.15, 0.2) is 5.16 Å². The average molecular weight is 393 g/mol. The summed E-state index contributed by atoms with van der Waals surface area (Å²) in [6, 6.07) is 18.1. The molecule has 0 spiro atoms. The van der Waals surface area contributed by atoms with Gasteiger partial charge in [0.2, 0.25) is 5.91 Å². The van der Waals surface area contributed by atoms with Gasteiger partial charge in [-0.2, -0.15) is 0 Å². The molecule has 144 valence electrons. The SMILES string of the molecule is C=CCn1c(CCc2ccccc2)nnc1SCC(=O)Nc1ccccc1C. The molecule has 0 fully saturated rings. The molecule has 1 heterocycles. The fourth-order valence-corrected chi connectivity index (χ4v) is 3.62. The molecule has 0 aliphatic heterocycles. The van der Waals surface area contributed by atoms with Gasteiger partial charge in [-0.3, -0.25) is 4.79 Å². The largest absolute Gasteiger partial charge is 0.325 e. The Balaban J connectivity index is 1.61. The minimum atomic E-state index is -0.0571. The van der Waals surface area contributed by atoms with Crippen LogP contribution in [-0.2, 0) is 24.2 Å². The zero-order chi connectivity index (χ0) is 19.8. The maximum Gasteiger partial charge on any atom is 0.234 e. The predicted molar refractivity (Wildman–Crippen MR) is 115 cm³/mol. The molecular formula is C22H24N4OS. The van der Waals surface area contributed by atoms with Crippen LogP contribution in [0.1, 0.15) is 17.0 Å².